The second-order valence-corrected chi connectivity index (χ2v) is 6.47. The fraction of sp³-hybridized carbons (Fsp3) is 0.200. The molecule has 20 heavy (non-hydrogen) atoms. The number of thiocyanates is 1. The molecule has 102 valence electrons. The summed E-state index contributed by atoms with van der Waals surface area (Å²) >= 11 is 2.54. The van der Waals surface area contributed by atoms with Gasteiger partial charge in [0, 0.05) is 22.2 Å². The van der Waals surface area contributed by atoms with Crippen molar-refractivity contribution in [3.63, 3.8) is 0 Å². The average Bonchev–Trinajstić information content (AvgIpc) is 2.74. The number of aryl methyl sites for hydroxylation is 1. The van der Waals surface area contributed by atoms with Crippen LogP contribution in [0.5, 0.6) is 5.75 Å². The molecule has 0 amide bonds. The molecule has 2 rings (SSSR count). The molecule has 0 fully saturated rings. The third-order valence-electron chi connectivity index (χ3n) is 3.07. The van der Waals surface area contributed by atoms with Crippen molar-refractivity contribution in [2.75, 3.05) is 7.11 Å². The summed E-state index contributed by atoms with van der Waals surface area (Å²) in [5.41, 5.74) is 2.20. The van der Waals surface area contributed by atoms with E-state index in [1.54, 1.807) is 31.4 Å². The molecule has 0 saturated heterocycles. The molecule has 0 bridgehead atoms. The van der Waals surface area contributed by atoms with Gasteiger partial charge in [-0.2, -0.15) is 5.26 Å². The highest BCUT2D eigenvalue weighted by atomic mass is 32.2. The molecule has 0 N–H and O–H groups in total. The number of carbonyl (C=O) groups is 1. The van der Waals surface area contributed by atoms with E-state index in [0.717, 1.165) is 26.4 Å². The first-order valence-electron chi connectivity index (χ1n) is 5.93. The molecule has 0 radical (unpaired) electrons. The van der Waals surface area contributed by atoms with Crippen LogP contribution in [0.4, 0.5) is 0 Å². The van der Waals surface area contributed by atoms with E-state index in [1.165, 1.54) is 11.3 Å². The summed E-state index contributed by atoms with van der Waals surface area (Å²) in [6.45, 7) is 3.89. The van der Waals surface area contributed by atoms with E-state index in [9.17, 15) is 4.79 Å². The Morgan fingerprint density at radius 3 is 2.50 bits per heavy atom. The van der Waals surface area contributed by atoms with Crippen molar-refractivity contribution < 1.29 is 9.53 Å². The van der Waals surface area contributed by atoms with Crippen LogP contribution in [-0.4, -0.2) is 12.9 Å². The van der Waals surface area contributed by atoms with Gasteiger partial charge >= 0.3 is 0 Å². The van der Waals surface area contributed by atoms with E-state index in [4.69, 9.17) is 10.00 Å². The van der Waals surface area contributed by atoms with Crippen LogP contribution in [0.3, 0.4) is 0 Å². The molecule has 0 unspecified atom stereocenters. The zero-order valence-electron chi connectivity index (χ0n) is 11.4. The van der Waals surface area contributed by atoms with Crippen molar-refractivity contribution in [3.8, 4) is 11.2 Å². The molecule has 0 atom stereocenters. The molecular formula is C15H13NO2S2. The third-order valence-corrected chi connectivity index (χ3v) is 5.05. The third kappa shape index (κ3) is 2.72. The Morgan fingerprint density at radius 1 is 1.30 bits per heavy atom. The van der Waals surface area contributed by atoms with Crippen molar-refractivity contribution in [2.24, 2.45) is 0 Å². The maximum Gasteiger partial charge on any atom is 0.195 e. The highest BCUT2D eigenvalue weighted by Crippen LogP contribution is 2.36. The SMILES string of the molecule is COc1ccc(C(=O)c2c(SC#N)sc(C)c2C)cc1. The fourth-order valence-corrected chi connectivity index (χ4v) is 3.82. The predicted octanol–water partition coefficient (Wildman–Crippen LogP) is 4.18. The second-order valence-electron chi connectivity index (χ2n) is 4.20. The molecule has 2 aromatic rings. The monoisotopic (exact) mass is 303 g/mol. The molecule has 0 aliphatic heterocycles. The smallest absolute Gasteiger partial charge is 0.195 e. The standard InChI is InChI=1S/C15H13NO2S2/c1-9-10(2)20-15(19-8-16)13(9)14(17)11-4-6-12(18-3)7-5-11/h4-7H,1-3H3. The van der Waals surface area contributed by atoms with E-state index < -0.39 is 0 Å². The second kappa shape index (κ2) is 6.12. The van der Waals surface area contributed by atoms with E-state index in [1.807, 2.05) is 19.2 Å². The normalized spacial score (nSPS) is 10.1. The van der Waals surface area contributed by atoms with Gasteiger partial charge in [-0.05, 0) is 43.7 Å². The summed E-state index contributed by atoms with van der Waals surface area (Å²) < 4.78 is 5.86. The minimum Gasteiger partial charge on any atom is -0.497 e. The van der Waals surface area contributed by atoms with Gasteiger partial charge in [-0.25, -0.2) is 0 Å². The molecule has 1 aromatic carbocycles. The molecule has 0 aliphatic carbocycles. The summed E-state index contributed by atoms with van der Waals surface area (Å²) in [4.78, 5) is 13.7. The number of nitriles is 1. The number of thioether (sulfide) groups is 1. The highest BCUT2D eigenvalue weighted by molar-refractivity contribution is 8.05. The summed E-state index contributed by atoms with van der Waals surface area (Å²) in [5, 5.41) is 10.9. The van der Waals surface area contributed by atoms with Crippen molar-refractivity contribution in [2.45, 2.75) is 18.1 Å². The first-order chi connectivity index (χ1) is 9.58. The number of ether oxygens (including phenoxy) is 1. The summed E-state index contributed by atoms with van der Waals surface area (Å²) in [6.07, 6.45) is 0. The molecule has 0 saturated carbocycles. The minimum atomic E-state index is -0.0488. The first-order valence-corrected chi connectivity index (χ1v) is 7.56. The van der Waals surface area contributed by atoms with Gasteiger partial charge in [0.1, 0.15) is 11.2 Å². The van der Waals surface area contributed by atoms with Gasteiger partial charge in [0.05, 0.1) is 16.9 Å². The molecule has 5 heteroatoms. The van der Waals surface area contributed by atoms with Crippen LogP contribution in [-0.2, 0) is 0 Å². The molecule has 1 aromatic heterocycles. The van der Waals surface area contributed by atoms with Gasteiger partial charge < -0.3 is 4.74 Å². The minimum absolute atomic E-state index is 0.0488. The topological polar surface area (TPSA) is 50.1 Å². The molecule has 3 nitrogen and oxygen atoms in total. The van der Waals surface area contributed by atoms with Crippen LogP contribution in [0.2, 0.25) is 0 Å². The van der Waals surface area contributed by atoms with Crippen LogP contribution in [0.15, 0.2) is 28.5 Å². The lowest BCUT2D eigenvalue weighted by Crippen LogP contribution is -2.03. The van der Waals surface area contributed by atoms with Crippen molar-refractivity contribution in [1.82, 2.24) is 0 Å². The number of rotatable bonds is 4. The molecule has 0 spiro atoms. The van der Waals surface area contributed by atoms with Gasteiger partial charge in [0.25, 0.3) is 0 Å². The number of thiophene rings is 1. The largest absolute Gasteiger partial charge is 0.497 e. The summed E-state index contributed by atoms with van der Waals surface area (Å²) in [7, 11) is 1.59. The van der Waals surface area contributed by atoms with E-state index in [-0.39, 0.29) is 5.78 Å². The van der Waals surface area contributed by atoms with Gasteiger partial charge in [-0.3, -0.25) is 4.79 Å². The summed E-state index contributed by atoms with van der Waals surface area (Å²) in [5.74, 6) is 0.665. The average molecular weight is 303 g/mol. The zero-order chi connectivity index (χ0) is 14.7. The fourth-order valence-electron chi connectivity index (χ4n) is 1.86. The number of nitrogens with zero attached hydrogens (tertiary/aromatic N) is 1. The van der Waals surface area contributed by atoms with Crippen LogP contribution in [0, 0.1) is 24.5 Å². The number of benzene rings is 1. The van der Waals surface area contributed by atoms with Crippen LogP contribution in [0.1, 0.15) is 26.4 Å². The van der Waals surface area contributed by atoms with Crippen LogP contribution < -0.4 is 4.74 Å². The number of carbonyl (C=O) groups excluding carboxylic acids is 1. The number of hydrogen-bond donors (Lipinski definition) is 0. The lowest BCUT2D eigenvalue weighted by atomic mass is 10.0. The number of methoxy groups -OCH3 is 1. The molecular weight excluding hydrogens is 290 g/mol. The maximum atomic E-state index is 12.6. The Kier molecular flexibility index (Phi) is 4.48. The zero-order valence-corrected chi connectivity index (χ0v) is 13.0. The van der Waals surface area contributed by atoms with Crippen molar-refractivity contribution in [3.05, 3.63) is 45.8 Å². The van der Waals surface area contributed by atoms with Gasteiger partial charge in [0.15, 0.2) is 5.78 Å². The quantitative estimate of drug-likeness (QED) is 0.483. The van der Waals surface area contributed by atoms with E-state index in [0.29, 0.717) is 16.9 Å². The van der Waals surface area contributed by atoms with E-state index >= 15 is 0 Å². The maximum absolute atomic E-state index is 12.6. The Bertz CT molecular complexity index is 681. The Labute approximate surface area is 126 Å². The number of hydrogen-bond acceptors (Lipinski definition) is 5. The van der Waals surface area contributed by atoms with Crippen LogP contribution >= 0.6 is 23.1 Å². The van der Waals surface area contributed by atoms with Crippen molar-refractivity contribution in [1.29, 1.82) is 5.26 Å². The Morgan fingerprint density at radius 2 is 1.95 bits per heavy atom. The lowest BCUT2D eigenvalue weighted by molar-refractivity contribution is 0.103. The highest BCUT2D eigenvalue weighted by Gasteiger charge is 2.21. The van der Waals surface area contributed by atoms with Crippen LogP contribution in [0.25, 0.3) is 0 Å². The number of ketones is 1. The lowest BCUT2D eigenvalue weighted by Gasteiger charge is -2.04. The van der Waals surface area contributed by atoms with Gasteiger partial charge in [0.2, 0.25) is 0 Å². The molecule has 0 aliphatic rings. The first kappa shape index (κ1) is 14.6. The summed E-state index contributed by atoms with van der Waals surface area (Å²) in [6, 6.07) is 7.01. The van der Waals surface area contributed by atoms with Crippen molar-refractivity contribution >= 4 is 28.9 Å². The Balaban J connectivity index is 2.44. The predicted molar refractivity (Wildman–Crippen MR) is 81.7 cm³/mol. The molecule has 1 heterocycles. The Hall–Kier alpha value is -1.77. The van der Waals surface area contributed by atoms with Gasteiger partial charge in [-0.15, -0.1) is 11.3 Å². The van der Waals surface area contributed by atoms with E-state index in [2.05, 4.69) is 0 Å². The van der Waals surface area contributed by atoms with Gasteiger partial charge in [-0.1, -0.05) is 0 Å².